The third kappa shape index (κ3) is 2.47. The SMILES string of the molecule is C[C@H]1CCc2c(sc3nc(SCC(=O)[O-])nc(N)c23)C1. The van der Waals surface area contributed by atoms with Crippen molar-refractivity contribution < 1.29 is 9.90 Å². The lowest BCUT2D eigenvalue weighted by Gasteiger charge is -2.17. The largest absolute Gasteiger partial charge is 0.549 e. The number of carboxylic acid groups (broad SMARTS) is 1. The molecular weight excluding hydrogens is 294 g/mol. The summed E-state index contributed by atoms with van der Waals surface area (Å²) in [7, 11) is 0. The van der Waals surface area contributed by atoms with Gasteiger partial charge in [-0.1, -0.05) is 18.7 Å². The molecule has 0 aromatic carbocycles. The van der Waals surface area contributed by atoms with Gasteiger partial charge in [0.15, 0.2) is 5.16 Å². The first-order chi connectivity index (χ1) is 9.54. The number of hydrogen-bond acceptors (Lipinski definition) is 7. The van der Waals surface area contributed by atoms with Crippen LogP contribution in [-0.4, -0.2) is 21.7 Å². The predicted octanol–water partition coefficient (Wildman–Crippen LogP) is 1.24. The smallest absolute Gasteiger partial charge is 0.191 e. The zero-order valence-electron chi connectivity index (χ0n) is 11.0. The van der Waals surface area contributed by atoms with Crippen LogP contribution in [0.3, 0.4) is 0 Å². The number of carboxylic acids is 1. The van der Waals surface area contributed by atoms with E-state index in [4.69, 9.17) is 5.73 Å². The number of nitrogen functional groups attached to an aromatic ring is 1. The first kappa shape index (κ1) is 13.6. The monoisotopic (exact) mass is 308 g/mol. The van der Waals surface area contributed by atoms with Crippen molar-refractivity contribution in [3.05, 3.63) is 10.4 Å². The number of nitrogens with two attached hydrogens (primary N) is 1. The van der Waals surface area contributed by atoms with Crippen molar-refractivity contribution in [2.45, 2.75) is 31.3 Å². The van der Waals surface area contributed by atoms with Crippen LogP contribution in [-0.2, 0) is 17.6 Å². The van der Waals surface area contributed by atoms with Crippen LogP contribution in [0.4, 0.5) is 5.82 Å². The lowest BCUT2D eigenvalue weighted by Crippen LogP contribution is -2.24. The van der Waals surface area contributed by atoms with Crippen molar-refractivity contribution in [2.75, 3.05) is 11.5 Å². The maximum atomic E-state index is 10.5. The molecule has 2 heterocycles. The highest BCUT2D eigenvalue weighted by molar-refractivity contribution is 7.99. The van der Waals surface area contributed by atoms with Crippen LogP contribution in [0, 0.1) is 5.92 Å². The van der Waals surface area contributed by atoms with Crippen molar-refractivity contribution >= 4 is 45.1 Å². The second-order valence-electron chi connectivity index (χ2n) is 5.08. The summed E-state index contributed by atoms with van der Waals surface area (Å²) < 4.78 is 0. The second-order valence-corrected chi connectivity index (χ2v) is 7.11. The van der Waals surface area contributed by atoms with E-state index in [2.05, 4.69) is 16.9 Å². The molecule has 2 aromatic heterocycles. The molecule has 20 heavy (non-hydrogen) atoms. The van der Waals surface area contributed by atoms with Gasteiger partial charge in [-0.15, -0.1) is 11.3 Å². The lowest BCUT2D eigenvalue weighted by molar-refractivity contribution is -0.301. The minimum absolute atomic E-state index is 0.160. The summed E-state index contributed by atoms with van der Waals surface area (Å²) in [5.74, 6) is -0.135. The van der Waals surface area contributed by atoms with Gasteiger partial charge in [-0.2, -0.15) is 0 Å². The van der Waals surface area contributed by atoms with Crippen LogP contribution in [0.2, 0.25) is 0 Å². The van der Waals surface area contributed by atoms with Gasteiger partial charge in [-0.05, 0) is 30.7 Å². The molecule has 7 heteroatoms. The van der Waals surface area contributed by atoms with Crippen LogP contribution in [0.15, 0.2) is 5.16 Å². The highest BCUT2D eigenvalue weighted by Gasteiger charge is 2.23. The molecule has 0 amide bonds. The molecule has 2 aromatic rings. The standard InChI is InChI=1S/C13H15N3O2S2/c1-6-2-3-7-8(4-6)20-12-10(7)11(14)15-13(16-12)19-5-9(17)18/h6H,2-5H2,1H3,(H,17,18)(H2,14,15,16)/p-1/t6-/m0/s1. The summed E-state index contributed by atoms with van der Waals surface area (Å²) in [6, 6.07) is 0. The molecule has 106 valence electrons. The number of hydrogen-bond donors (Lipinski definition) is 1. The topological polar surface area (TPSA) is 91.9 Å². The molecule has 0 radical (unpaired) electrons. The Labute approximate surface area is 124 Å². The molecule has 3 rings (SSSR count). The molecule has 0 spiro atoms. The van der Waals surface area contributed by atoms with Crippen molar-refractivity contribution in [2.24, 2.45) is 5.92 Å². The van der Waals surface area contributed by atoms with Crippen LogP contribution in [0.1, 0.15) is 23.8 Å². The Balaban J connectivity index is 2.02. The zero-order chi connectivity index (χ0) is 14.3. The summed E-state index contributed by atoms with van der Waals surface area (Å²) in [6.45, 7) is 2.25. The Morgan fingerprint density at radius 3 is 3.10 bits per heavy atom. The Hall–Kier alpha value is -1.34. The summed E-state index contributed by atoms with van der Waals surface area (Å²) >= 11 is 2.70. The van der Waals surface area contributed by atoms with Crippen LogP contribution in [0.5, 0.6) is 0 Å². The number of anilines is 1. The summed E-state index contributed by atoms with van der Waals surface area (Å²) in [4.78, 5) is 21.4. The van der Waals surface area contributed by atoms with E-state index in [1.807, 2.05) is 0 Å². The molecule has 0 aliphatic heterocycles. The number of fused-ring (bicyclic) bond motifs is 3. The van der Waals surface area contributed by atoms with E-state index in [0.717, 1.165) is 34.8 Å². The first-order valence-corrected chi connectivity index (χ1v) is 8.25. The van der Waals surface area contributed by atoms with Gasteiger partial charge in [0, 0.05) is 10.6 Å². The highest BCUT2D eigenvalue weighted by atomic mass is 32.2. The van der Waals surface area contributed by atoms with Gasteiger partial charge in [0.1, 0.15) is 10.6 Å². The highest BCUT2D eigenvalue weighted by Crippen LogP contribution is 2.39. The van der Waals surface area contributed by atoms with Crippen molar-refractivity contribution in [1.29, 1.82) is 0 Å². The number of carbonyl (C=O) groups excluding carboxylic acids is 1. The molecule has 0 bridgehead atoms. The van der Waals surface area contributed by atoms with Crippen molar-refractivity contribution in [3.63, 3.8) is 0 Å². The number of aryl methyl sites for hydroxylation is 1. The van der Waals surface area contributed by atoms with E-state index in [1.54, 1.807) is 11.3 Å². The lowest BCUT2D eigenvalue weighted by atomic mass is 9.89. The van der Waals surface area contributed by atoms with Gasteiger partial charge in [-0.25, -0.2) is 9.97 Å². The van der Waals surface area contributed by atoms with Crippen molar-refractivity contribution in [3.8, 4) is 0 Å². The number of aliphatic carboxylic acids is 1. The molecule has 0 saturated heterocycles. The third-order valence-electron chi connectivity index (χ3n) is 3.48. The predicted molar refractivity (Wildman–Crippen MR) is 78.7 cm³/mol. The minimum Gasteiger partial charge on any atom is -0.549 e. The normalized spacial score (nSPS) is 18.1. The summed E-state index contributed by atoms with van der Waals surface area (Å²) in [5.41, 5.74) is 7.33. The first-order valence-electron chi connectivity index (χ1n) is 6.45. The van der Waals surface area contributed by atoms with Gasteiger partial charge in [-0.3, -0.25) is 0 Å². The van der Waals surface area contributed by atoms with Gasteiger partial charge in [0.2, 0.25) is 0 Å². The number of carbonyl (C=O) groups is 1. The summed E-state index contributed by atoms with van der Waals surface area (Å²) in [6.07, 6.45) is 3.26. The van der Waals surface area contributed by atoms with Gasteiger partial charge < -0.3 is 15.6 Å². The van der Waals surface area contributed by atoms with E-state index in [0.29, 0.717) is 16.9 Å². The van der Waals surface area contributed by atoms with Gasteiger partial charge in [0.25, 0.3) is 0 Å². The molecule has 1 aliphatic carbocycles. The molecule has 0 unspecified atom stereocenters. The molecule has 2 N–H and O–H groups in total. The Kier molecular flexibility index (Phi) is 3.55. The molecule has 1 atom stereocenters. The third-order valence-corrected chi connectivity index (χ3v) is 5.45. The van der Waals surface area contributed by atoms with Gasteiger partial charge in [0.05, 0.1) is 11.4 Å². The maximum absolute atomic E-state index is 10.5. The molecule has 1 aliphatic rings. The van der Waals surface area contributed by atoms with Crippen LogP contribution in [0.25, 0.3) is 10.2 Å². The average molecular weight is 308 g/mol. The van der Waals surface area contributed by atoms with E-state index in [1.165, 1.54) is 16.9 Å². The molecule has 0 saturated carbocycles. The zero-order valence-corrected chi connectivity index (χ0v) is 12.6. The number of thiophene rings is 1. The summed E-state index contributed by atoms with van der Waals surface area (Å²) in [5, 5.41) is 11.9. The van der Waals surface area contributed by atoms with E-state index >= 15 is 0 Å². The van der Waals surface area contributed by atoms with E-state index < -0.39 is 5.97 Å². The molecule has 5 nitrogen and oxygen atoms in total. The number of aromatic nitrogens is 2. The van der Waals surface area contributed by atoms with Crippen LogP contribution < -0.4 is 10.8 Å². The Morgan fingerprint density at radius 1 is 1.55 bits per heavy atom. The molecule has 0 fully saturated rings. The quantitative estimate of drug-likeness (QED) is 0.677. The fourth-order valence-electron chi connectivity index (χ4n) is 2.54. The minimum atomic E-state index is -1.13. The molecular formula is C13H14N3O2S2-. The average Bonchev–Trinajstić information content (AvgIpc) is 2.73. The fourth-order valence-corrected chi connectivity index (χ4v) is 4.55. The Morgan fingerprint density at radius 2 is 2.35 bits per heavy atom. The fraction of sp³-hybridized carbons (Fsp3) is 0.462. The number of nitrogens with zero attached hydrogens (tertiary/aromatic N) is 2. The van der Waals surface area contributed by atoms with Crippen molar-refractivity contribution in [1.82, 2.24) is 9.97 Å². The Bertz CT molecular complexity index is 684. The van der Waals surface area contributed by atoms with E-state index in [9.17, 15) is 9.90 Å². The van der Waals surface area contributed by atoms with Gasteiger partial charge >= 0.3 is 0 Å². The van der Waals surface area contributed by atoms with E-state index in [-0.39, 0.29) is 5.75 Å². The maximum Gasteiger partial charge on any atom is 0.191 e. The number of rotatable bonds is 3. The second kappa shape index (κ2) is 5.21. The van der Waals surface area contributed by atoms with Crippen LogP contribution >= 0.6 is 23.1 Å². The number of thioether (sulfide) groups is 1.